The van der Waals surface area contributed by atoms with Crippen molar-refractivity contribution < 1.29 is 14.3 Å². The first-order chi connectivity index (χ1) is 12.6. The number of nitrogens with one attached hydrogen (secondary N) is 2. The average molecular weight is 370 g/mol. The van der Waals surface area contributed by atoms with Crippen LogP contribution in [0.4, 0.5) is 0 Å². The number of ether oxygens (including phenoxy) is 1. The van der Waals surface area contributed by atoms with Gasteiger partial charge in [0.2, 0.25) is 0 Å². The largest absolute Gasteiger partial charge is 0.484 e. The predicted octanol–water partition coefficient (Wildman–Crippen LogP) is 2.97. The fraction of sp³-hybridized carbons (Fsp3) is 0.0526. The van der Waals surface area contributed by atoms with E-state index in [1.54, 1.807) is 36.4 Å². The monoisotopic (exact) mass is 369 g/mol. The lowest BCUT2D eigenvalue weighted by Gasteiger charge is -2.12. The number of amides is 2. The van der Waals surface area contributed by atoms with E-state index in [4.69, 9.17) is 16.3 Å². The Morgan fingerprint density at radius 2 is 1.73 bits per heavy atom. The number of hydrazine groups is 1. The number of rotatable bonds is 5. The Morgan fingerprint density at radius 3 is 2.50 bits per heavy atom. The molecular formula is C19H16ClN3O3. The molecule has 0 bridgehead atoms. The van der Waals surface area contributed by atoms with Crippen LogP contribution in [0.25, 0.3) is 5.69 Å². The van der Waals surface area contributed by atoms with Crippen molar-refractivity contribution in [2.75, 3.05) is 6.61 Å². The molecule has 0 saturated heterocycles. The third kappa shape index (κ3) is 4.43. The number of hydrogen-bond donors (Lipinski definition) is 2. The molecule has 0 aliphatic rings. The second-order valence-corrected chi connectivity index (χ2v) is 5.79. The maximum absolute atomic E-state index is 12.4. The zero-order valence-corrected chi connectivity index (χ0v) is 14.4. The van der Waals surface area contributed by atoms with Crippen molar-refractivity contribution >= 4 is 23.4 Å². The molecular weight excluding hydrogens is 354 g/mol. The minimum atomic E-state index is -0.489. The molecule has 0 atom stereocenters. The standard InChI is InChI=1S/C19H16ClN3O3/c20-14-6-5-7-15(12-14)26-13-18(24)21-22-19(25)16-8-1-2-9-17(16)23-10-3-4-11-23/h1-12H,13H2,(H,21,24)(H,22,25). The van der Waals surface area contributed by atoms with Gasteiger partial charge in [0.1, 0.15) is 5.75 Å². The van der Waals surface area contributed by atoms with Crippen LogP contribution in [-0.4, -0.2) is 23.0 Å². The van der Waals surface area contributed by atoms with Gasteiger partial charge in [0.05, 0.1) is 11.3 Å². The summed E-state index contributed by atoms with van der Waals surface area (Å²) in [5.74, 6) is -0.445. The second-order valence-electron chi connectivity index (χ2n) is 5.36. The van der Waals surface area contributed by atoms with Gasteiger partial charge in [-0.15, -0.1) is 0 Å². The fourth-order valence-corrected chi connectivity index (χ4v) is 2.50. The van der Waals surface area contributed by atoms with Gasteiger partial charge < -0.3 is 9.30 Å². The summed E-state index contributed by atoms with van der Waals surface area (Å²) in [7, 11) is 0. The second kappa shape index (κ2) is 8.22. The summed E-state index contributed by atoms with van der Waals surface area (Å²) in [6, 6.07) is 17.5. The molecule has 1 heterocycles. The molecule has 0 saturated carbocycles. The van der Waals surface area contributed by atoms with Crippen molar-refractivity contribution in [2.45, 2.75) is 0 Å². The van der Waals surface area contributed by atoms with E-state index < -0.39 is 11.8 Å². The molecule has 2 amide bonds. The lowest BCUT2D eigenvalue weighted by Crippen LogP contribution is -2.44. The maximum atomic E-state index is 12.4. The van der Waals surface area contributed by atoms with Gasteiger partial charge in [0.25, 0.3) is 11.8 Å². The Hall–Kier alpha value is -3.25. The summed E-state index contributed by atoms with van der Waals surface area (Å²) < 4.78 is 7.14. The molecule has 6 nitrogen and oxygen atoms in total. The van der Waals surface area contributed by atoms with Gasteiger partial charge in [0, 0.05) is 17.4 Å². The SMILES string of the molecule is O=C(COc1cccc(Cl)c1)NNC(=O)c1ccccc1-n1cccc1. The third-order valence-corrected chi connectivity index (χ3v) is 3.75. The lowest BCUT2D eigenvalue weighted by molar-refractivity contribution is -0.123. The van der Waals surface area contributed by atoms with E-state index >= 15 is 0 Å². The van der Waals surface area contributed by atoms with E-state index in [-0.39, 0.29) is 6.61 Å². The number of aromatic nitrogens is 1. The molecule has 2 aromatic carbocycles. The molecule has 26 heavy (non-hydrogen) atoms. The Kier molecular flexibility index (Phi) is 5.56. The highest BCUT2D eigenvalue weighted by atomic mass is 35.5. The van der Waals surface area contributed by atoms with Gasteiger partial charge in [-0.1, -0.05) is 29.8 Å². The first-order valence-electron chi connectivity index (χ1n) is 7.83. The first-order valence-corrected chi connectivity index (χ1v) is 8.21. The Morgan fingerprint density at radius 1 is 0.962 bits per heavy atom. The van der Waals surface area contributed by atoms with Crippen molar-refractivity contribution in [1.29, 1.82) is 0 Å². The first kappa shape index (κ1) is 17.6. The number of carbonyl (C=O) groups excluding carboxylic acids is 2. The van der Waals surface area contributed by atoms with Gasteiger partial charge in [-0.05, 0) is 42.5 Å². The summed E-state index contributed by atoms with van der Waals surface area (Å²) in [6.45, 7) is -0.250. The van der Waals surface area contributed by atoms with Gasteiger partial charge >= 0.3 is 0 Å². The average Bonchev–Trinajstić information content (AvgIpc) is 3.19. The van der Waals surface area contributed by atoms with Crippen LogP contribution < -0.4 is 15.6 Å². The summed E-state index contributed by atoms with van der Waals surface area (Å²) in [5, 5.41) is 0.512. The predicted molar refractivity (Wildman–Crippen MR) is 98.3 cm³/mol. The number of hydrogen-bond acceptors (Lipinski definition) is 3. The number of benzene rings is 2. The normalized spacial score (nSPS) is 10.2. The minimum Gasteiger partial charge on any atom is -0.484 e. The topological polar surface area (TPSA) is 72.4 Å². The van der Waals surface area contributed by atoms with Crippen LogP contribution in [-0.2, 0) is 4.79 Å². The summed E-state index contributed by atoms with van der Waals surface area (Å²) in [6.07, 6.45) is 3.67. The highest BCUT2D eigenvalue weighted by Gasteiger charge is 2.13. The van der Waals surface area contributed by atoms with Crippen LogP contribution in [0.5, 0.6) is 5.75 Å². The Bertz CT molecular complexity index is 910. The minimum absolute atomic E-state index is 0.250. The highest BCUT2D eigenvalue weighted by Crippen LogP contribution is 2.17. The number of nitrogens with zero attached hydrogens (tertiary/aromatic N) is 1. The van der Waals surface area contributed by atoms with Crippen molar-refractivity contribution in [2.24, 2.45) is 0 Å². The van der Waals surface area contributed by atoms with E-state index in [1.165, 1.54) is 0 Å². The Labute approximate surface area is 155 Å². The van der Waals surface area contributed by atoms with Crippen LogP contribution in [0.3, 0.4) is 0 Å². The quantitative estimate of drug-likeness (QED) is 0.679. The van der Waals surface area contributed by atoms with Crippen molar-refractivity contribution in [3.63, 3.8) is 0 Å². The van der Waals surface area contributed by atoms with Crippen molar-refractivity contribution in [3.8, 4) is 11.4 Å². The Balaban J connectivity index is 1.57. The zero-order chi connectivity index (χ0) is 18.4. The molecule has 1 aromatic heterocycles. The molecule has 3 rings (SSSR count). The summed E-state index contributed by atoms with van der Waals surface area (Å²) in [5.41, 5.74) is 5.86. The van der Waals surface area contributed by atoms with Crippen LogP contribution >= 0.6 is 11.6 Å². The molecule has 0 unspecified atom stereocenters. The number of carbonyl (C=O) groups is 2. The number of para-hydroxylation sites is 1. The third-order valence-electron chi connectivity index (χ3n) is 3.51. The van der Waals surface area contributed by atoms with Crippen LogP contribution in [0, 0.1) is 0 Å². The molecule has 0 radical (unpaired) electrons. The fourth-order valence-electron chi connectivity index (χ4n) is 2.32. The zero-order valence-electron chi connectivity index (χ0n) is 13.7. The van der Waals surface area contributed by atoms with Crippen molar-refractivity contribution in [1.82, 2.24) is 15.4 Å². The molecule has 0 aliphatic carbocycles. The van der Waals surface area contributed by atoms with Crippen LogP contribution in [0.2, 0.25) is 5.02 Å². The number of halogens is 1. The van der Waals surface area contributed by atoms with Crippen LogP contribution in [0.1, 0.15) is 10.4 Å². The molecule has 0 aliphatic heterocycles. The van der Waals surface area contributed by atoms with E-state index in [0.29, 0.717) is 22.0 Å². The van der Waals surface area contributed by atoms with Gasteiger partial charge in [0.15, 0.2) is 6.61 Å². The van der Waals surface area contributed by atoms with Gasteiger partial charge in [-0.2, -0.15) is 0 Å². The molecule has 0 fully saturated rings. The van der Waals surface area contributed by atoms with E-state index in [9.17, 15) is 9.59 Å². The van der Waals surface area contributed by atoms with Gasteiger partial charge in [-0.25, -0.2) is 0 Å². The molecule has 0 spiro atoms. The molecule has 3 aromatic rings. The van der Waals surface area contributed by atoms with Gasteiger partial charge in [-0.3, -0.25) is 20.4 Å². The highest BCUT2D eigenvalue weighted by molar-refractivity contribution is 6.30. The van der Waals surface area contributed by atoms with E-state index in [1.807, 2.05) is 41.2 Å². The van der Waals surface area contributed by atoms with E-state index in [0.717, 1.165) is 0 Å². The molecule has 7 heteroatoms. The maximum Gasteiger partial charge on any atom is 0.276 e. The van der Waals surface area contributed by atoms with E-state index in [2.05, 4.69) is 10.9 Å². The lowest BCUT2D eigenvalue weighted by atomic mass is 10.1. The molecule has 132 valence electrons. The van der Waals surface area contributed by atoms with Crippen LogP contribution in [0.15, 0.2) is 73.1 Å². The summed E-state index contributed by atoms with van der Waals surface area (Å²) >= 11 is 5.85. The summed E-state index contributed by atoms with van der Waals surface area (Å²) in [4.78, 5) is 24.2. The smallest absolute Gasteiger partial charge is 0.276 e. The van der Waals surface area contributed by atoms with Crippen molar-refractivity contribution in [3.05, 3.63) is 83.6 Å². The molecule has 2 N–H and O–H groups in total.